The second-order valence-corrected chi connectivity index (χ2v) is 10.4. The molecule has 120 valence electrons. The van der Waals surface area contributed by atoms with Crippen molar-refractivity contribution in [3.8, 4) is 0 Å². The molecule has 0 bridgehead atoms. The molecule has 0 heterocycles. The fourth-order valence-electron chi connectivity index (χ4n) is 0. The van der Waals surface area contributed by atoms with Crippen LogP contribution in [-0.2, 0) is 0 Å². The summed E-state index contributed by atoms with van der Waals surface area (Å²) in [5, 5.41) is 0. The van der Waals surface area contributed by atoms with Gasteiger partial charge in [-0.15, -0.1) is 0 Å². The molecule has 0 aliphatic rings. The zero-order chi connectivity index (χ0) is 16.7. The lowest BCUT2D eigenvalue weighted by Crippen LogP contribution is -2.25. The zero-order valence-corrected chi connectivity index (χ0v) is 16.7. The van der Waals surface area contributed by atoms with Crippen molar-refractivity contribution in [1.29, 1.82) is 0 Å². The lowest BCUT2D eigenvalue weighted by molar-refractivity contribution is 0.157. The van der Waals surface area contributed by atoms with Crippen molar-refractivity contribution >= 4 is 0 Å². The molecule has 0 radical (unpaired) electrons. The number of rotatable bonds is 0. The predicted octanol–water partition coefficient (Wildman–Crippen LogP) is 7.57. The SMILES string of the molecule is CC(C)(C)C.CC(C)(C)C(C)(C)C.CCC(C)(C)C. The van der Waals surface area contributed by atoms with Crippen molar-refractivity contribution in [3.63, 3.8) is 0 Å². The van der Waals surface area contributed by atoms with E-state index >= 15 is 0 Å². The van der Waals surface area contributed by atoms with Gasteiger partial charge in [-0.3, -0.25) is 0 Å². The van der Waals surface area contributed by atoms with Gasteiger partial charge in [-0.1, -0.05) is 103 Å². The molecule has 0 saturated carbocycles. The first-order chi connectivity index (χ1) is 7.81. The van der Waals surface area contributed by atoms with E-state index in [9.17, 15) is 0 Å². The molecule has 0 aliphatic heterocycles. The van der Waals surface area contributed by atoms with E-state index in [1.54, 1.807) is 0 Å². The Balaban J connectivity index is -0.000000209. The Labute approximate surface area is 125 Å². The van der Waals surface area contributed by atoms with Crippen LogP contribution in [0.25, 0.3) is 0 Å². The Kier molecular flexibility index (Phi) is 10.5. The minimum Gasteiger partial charge on any atom is -0.0649 e. The third-order valence-electron chi connectivity index (χ3n) is 3.31. The van der Waals surface area contributed by atoms with Crippen molar-refractivity contribution in [2.75, 3.05) is 0 Å². The standard InChI is InChI=1S/C8H18.C6H14.C5H12/c1-7(2,3)8(4,5)6;1-5-6(2,3)4;1-5(2,3)4/h1-6H3;5H2,1-4H3;1-4H3. The van der Waals surface area contributed by atoms with Crippen LogP contribution >= 0.6 is 0 Å². The van der Waals surface area contributed by atoms with Crippen molar-refractivity contribution in [3.05, 3.63) is 0 Å². The van der Waals surface area contributed by atoms with Gasteiger partial charge in [-0.05, 0) is 21.7 Å². The summed E-state index contributed by atoms with van der Waals surface area (Å²) >= 11 is 0. The second kappa shape index (κ2) is 8.32. The third-order valence-corrected chi connectivity index (χ3v) is 3.31. The molecule has 0 N–H and O–H groups in total. The van der Waals surface area contributed by atoms with E-state index in [1.807, 2.05) is 0 Å². The summed E-state index contributed by atoms with van der Waals surface area (Å²) in [5.74, 6) is 0. The van der Waals surface area contributed by atoms with Gasteiger partial charge < -0.3 is 0 Å². The van der Waals surface area contributed by atoms with Crippen LogP contribution in [0.15, 0.2) is 0 Å². The summed E-state index contributed by atoms with van der Waals surface area (Å²) in [6.45, 7) is 31.3. The fraction of sp³-hybridized carbons (Fsp3) is 1.00. The van der Waals surface area contributed by atoms with E-state index < -0.39 is 0 Å². The molecule has 0 atom stereocenters. The van der Waals surface area contributed by atoms with Gasteiger partial charge in [-0.25, -0.2) is 0 Å². The molecule has 0 nitrogen and oxygen atoms in total. The summed E-state index contributed by atoms with van der Waals surface area (Å²) in [5.41, 5.74) is 1.92. The van der Waals surface area contributed by atoms with E-state index in [0.717, 1.165) is 0 Å². The molecule has 0 unspecified atom stereocenters. The van der Waals surface area contributed by atoms with Gasteiger partial charge in [0.15, 0.2) is 0 Å². The summed E-state index contributed by atoms with van der Waals surface area (Å²) in [7, 11) is 0. The first-order valence-corrected chi connectivity index (χ1v) is 7.81. The Morgan fingerprint density at radius 1 is 0.474 bits per heavy atom. The molecule has 0 spiro atoms. The molecule has 19 heavy (non-hydrogen) atoms. The third kappa shape index (κ3) is 32.0. The van der Waals surface area contributed by atoms with Gasteiger partial charge in [0.25, 0.3) is 0 Å². The predicted molar refractivity (Wildman–Crippen MR) is 93.8 cm³/mol. The van der Waals surface area contributed by atoms with Crippen molar-refractivity contribution in [2.24, 2.45) is 21.7 Å². The quantitative estimate of drug-likeness (QED) is 0.426. The smallest absolute Gasteiger partial charge is 0.0334 e. The first-order valence-electron chi connectivity index (χ1n) is 7.81. The first kappa shape index (κ1) is 24.0. The highest BCUT2D eigenvalue weighted by molar-refractivity contribution is 4.77. The molecule has 0 amide bonds. The van der Waals surface area contributed by atoms with Crippen molar-refractivity contribution in [1.82, 2.24) is 0 Å². The highest BCUT2D eigenvalue weighted by Gasteiger charge is 2.26. The largest absolute Gasteiger partial charge is 0.0649 e. The van der Waals surface area contributed by atoms with Crippen LogP contribution in [0.4, 0.5) is 0 Å². The minimum absolute atomic E-state index is 0.437. The molecule has 0 aromatic rings. The van der Waals surface area contributed by atoms with Crippen LogP contribution < -0.4 is 0 Å². The van der Waals surface area contributed by atoms with E-state index in [1.165, 1.54) is 6.42 Å². The van der Waals surface area contributed by atoms with Gasteiger partial charge in [0.2, 0.25) is 0 Å². The van der Waals surface area contributed by atoms with Crippen molar-refractivity contribution < 1.29 is 0 Å². The molecule has 0 rings (SSSR count). The van der Waals surface area contributed by atoms with Crippen LogP contribution in [0.1, 0.15) is 103 Å². The maximum atomic E-state index is 2.27. The highest BCUT2D eigenvalue weighted by Crippen LogP contribution is 2.36. The van der Waals surface area contributed by atoms with E-state index in [-0.39, 0.29) is 0 Å². The van der Waals surface area contributed by atoms with Gasteiger partial charge >= 0.3 is 0 Å². The Morgan fingerprint density at radius 2 is 0.579 bits per heavy atom. The van der Waals surface area contributed by atoms with Crippen LogP contribution in [0.2, 0.25) is 0 Å². The average molecular weight is 273 g/mol. The average Bonchev–Trinajstić information content (AvgIpc) is 1.96. The topological polar surface area (TPSA) is 0 Å². The Hall–Kier alpha value is 0. The maximum absolute atomic E-state index is 2.27. The number of hydrogen-bond donors (Lipinski definition) is 0. The minimum atomic E-state index is 0.437. The van der Waals surface area contributed by atoms with Crippen LogP contribution in [0.3, 0.4) is 0 Å². The van der Waals surface area contributed by atoms with Crippen LogP contribution in [0, 0.1) is 21.7 Å². The van der Waals surface area contributed by atoms with Crippen molar-refractivity contribution in [2.45, 2.75) is 103 Å². The summed E-state index contributed by atoms with van der Waals surface area (Å²) in [6, 6.07) is 0. The monoisotopic (exact) mass is 272 g/mol. The maximum Gasteiger partial charge on any atom is -0.0334 e. The fourth-order valence-corrected chi connectivity index (χ4v) is 0. The van der Waals surface area contributed by atoms with Gasteiger partial charge in [0.1, 0.15) is 0 Å². The molecule has 0 aromatic heterocycles. The van der Waals surface area contributed by atoms with E-state index in [4.69, 9.17) is 0 Å². The zero-order valence-electron chi connectivity index (χ0n) is 16.7. The normalized spacial score (nSPS) is 12.9. The lowest BCUT2D eigenvalue weighted by atomic mass is 9.71. The molecule has 0 heteroatoms. The van der Waals surface area contributed by atoms with E-state index in [2.05, 4.69) is 96.9 Å². The second-order valence-electron chi connectivity index (χ2n) is 10.4. The van der Waals surface area contributed by atoms with Gasteiger partial charge in [0, 0.05) is 0 Å². The van der Waals surface area contributed by atoms with E-state index in [0.29, 0.717) is 21.7 Å². The van der Waals surface area contributed by atoms with Crippen LogP contribution in [0.5, 0.6) is 0 Å². The van der Waals surface area contributed by atoms with Gasteiger partial charge in [-0.2, -0.15) is 0 Å². The molecular formula is C19H44. The Morgan fingerprint density at radius 3 is 0.579 bits per heavy atom. The molecular weight excluding hydrogens is 228 g/mol. The van der Waals surface area contributed by atoms with Crippen LogP contribution in [-0.4, -0.2) is 0 Å². The highest BCUT2D eigenvalue weighted by atomic mass is 14.3. The Bertz CT molecular complexity index is 176. The van der Waals surface area contributed by atoms with Gasteiger partial charge in [0.05, 0.1) is 0 Å². The summed E-state index contributed by atoms with van der Waals surface area (Å²) in [4.78, 5) is 0. The lowest BCUT2D eigenvalue weighted by Gasteiger charge is -2.34. The molecule has 0 saturated heterocycles. The summed E-state index contributed by atoms with van der Waals surface area (Å²) in [6.07, 6.45) is 1.27. The molecule has 0 fully saturated rings. The number of hydrogen-bond acceptors (Lipinski definition) is 0. The molecule has 0 aromatic carbocycles. The summed E-state index contributed by atoms with van der Waals surface area (Å²) < 4.78 is 0. The molecule has 0 aliphatic carbocycles.